The van der Waals surface area contributed by atoms with Gasteiger partial charge < -0.3 is 20.4 Å². The van der Waals surface area contributed by atoms with Crippen LogP contribution in [0.3, 0.4) is 0 Å². The lowest BCUT2D eigenvalue weighted by molar-refractivity contribution is -0.136. The van der Waals surface area contributed by atoms with E-state index in [1.807, 2.05) is 0 Å². The number of carboxylic acid groups (broad SMARTS) is 4. The van der Waals surface area contributed by atoms with E-state index in [1.165, 1.54) is 0 Å². The molecule has 0 saturated heterocycles. The molecule has 0 aromatic heterocycles. The van der Waals surface area contributed by atoms with Gasteiger partial charge in [-0.3, -0.25) is 0 Å². The van der Waals surface area contributed by atoms with E-state index in [0.717, 1.165) is 0 Å². The molecule has 0 radical (unpaired) electrons. The maximum atomic E-state index is 12.4. The maximum Gasteiger partial charge on any atom is 0.333 e. The Bertz CT molecular complexity index is 1510. The highest BCUT2D eigenvalue weighted by molar-refractivity contribution is 6.06. The summed E-state index contributed by atoms with van der Waals surface area (Å²) < 4.78 is 0. The number of aliphatic carboxylic acids is 4. The fraction of sp³-hybridized carbons (Fsp3) is 0.133. The van der Waals surface area contributed by atoms with Crippen LogP contribution in [-0.2, 0) is 19.2 Å². The van der Waals surface area contributed by atoms with E-state index in [-0.39, 0.29) is 22.3 Å². The molecular formula is C30H18O8. The normalized spacial score (nSPS) is 23.4. The van der Waals surface area contributed by atoms with Crippen molar-refractivity contribution < 1.29 is 39.6 Å². The minimum Gasteiger partial charge on any atom is -0.478 e. The lowest BCUT2D eigenvalue weighted by Gasteiger charge is -2.45. The minimum absolute atomic E-state index is 0.199. The standard InChI is InChI=1S/C30H18O8/c31-27(32)23-19-11-5-1-2-6-12(11)20(24(23)28(33)34)16-10-18-17(9-15(16)19)21-13-7-3-4-8-14(13)22(18)26(30(37)38)25(21)29(35)36/h1-10,19-22H,(H,31,32)(H,33,34)(H,35,36)(H,37,38)/t19-,20-,21+,22+. The van der Waals surface area contributed by atoms with E-state index in [9.17, 15) is 39.6 Å². The highest BCUT2D eigenvalue weighted by Gasteiger charge is 2.52. The molecular weight excluding hydrogens is 488 g/mol. The molecule has 0 spiro atoms. The van der Waals surface area contributed by atoms with Crippen molar-refractivity contribution in [1.29, 1.82) is 0 Å². The molecule has 9 rings (SSSR count). The number of benzene rings is 3. The topological polar surface area (TPSA) is 149 Å². The van der Waals surface area contributed by atoms with Gasteiger partial charge in [0.15, 0.2) is 0 Å². The molecule has 186 valence electrons. The fourth-order valence-corrected chi connectivity index (χ4v) is 7.23. The SMILES string of the molecule is O=C(O)C1=C(C(=O)O)[C@@H]2c3ccccc3[C@@H]1c1cc3c(cc12)[C@H]1C(C(=O)O)=C(C(=O)O)[C@H]3c2ccccc21. The first-order valence-electron chi connectivity index (χ1n) is 12.0. The summed E-state index contributed by atoms with van der Waals surface area (Å²) in [5, 5.41) is 40.6. The van der Waals surface area contributed by atoms with E-state index in [2.05, 4.69) is 0 Å². The smallest absolute Gasteiger partial charge is 0.333 e. The summed E-state index contributed by atoms with van der Waals surface area (Å²) in [6, 6.07) is 17.9. The Morgan fingerprint density at radius 2 is 0.605 bits per heavy atom. The second kappa shape index (κ2) is 7.29. The number of hydrogen-bond donors (Lipinski definition) is 4. The maximum absolute atomic E-state index is 12.4. The lowest BCUT2D eigenvalue weighted by Crippen LogP contribution is -2.37. The molecule has 0 fully saturated rings. The number of rotatable bonds is 4. The average Bonchev–Trinajstić information content (AvgIpc) is 2.90. The summed E-state index contributed by atoms with van der Waals surface area (Å²) in [7, 11) is 0. The molecule has 0 heterocycles. The highest BCUT2D eigenvalue weighted by atomic mass is 16.4. The zero-order chi connectivity index (χ0) is 26.6. The van der Waals surface area contributed by atoms with Gasteiger partial charge in [0.2, 0.25) is 0 Å². The number of hydrogen-bond acceptors (Lipinski definition) is 4. The summed E-state index contributed by atoms with van der Waals surface area (Å²) in [5.74, 6) is -8.69. The van der Waals surface area contributed by atoms with Gasteiger partial charge in [0.05, 0.1) is 22.3 Å². The van der Waals surface area contributed by atoms with Crippen LogP contribution in [0.1, 0.15) is 68.2 Å². The van der Waals surface area contributed by atoms with Crippen LogP contribution in [0, 0.1) is 0 Å². The van der Waals surface area contributed by atoms with Gasteiger partial charge in [-0.25, -0.2) is 19.2 Å². The molecule has 3 aromatic rings. The van der Waals surface area contributed by atoms with Crippen LogP contribution in [0.2, 0.25) is 0 Å². The molecule has 6 aliphatic carbocycles. The van der Waals surface area contributed by atoms with Crippen molar-refractivity contribution in [3.05, 3.63) is 127 Å². The molecule has 3 aromatic carbocycles. The van der Waals surface area contributed by atoms with Crippen molar-refractivity contribution in [2.45, 2.75) is 23.7 Å². The van der Waals surface area contributed by atoms with Crippen LogP contribution < -0.4 is 0 Å². The molecule has 4 bridgehead atoms. The van der Waals surface area contributed by atoms with E-state index in [4.69, 9.17) is 0 Å². The number of carbonyl (C=O) groups is 4. The first-order valence-corrected chi connectivity index (χ1v) is 12.0. The van der Waals surface area contributed by atoms with Crippen LogP contribution in [0.25, 0.3) is 0 Å². The Morgan fingerprint density at radius 3 is 0.789 bits per heavy atom. The third kappa shape index (κ3) is 2.53. The number of carboxylic acids is 4. The summed E-state index contributed by atoms with van der Waals surface area (Å²) >= 11 is 0. The average molecular weight is 506 g/mol. The Morgan fingerprint density at radius 1 is 0.395 bits per heavy atom. The van der Waals surface area contributed by atoms with Gasteiger partial charge in [-0.2, -0.15) is 0 Å². The van der Waals surface area contributed by atoms with Crippen LogP contribution in [0.4, 0.5) is 0 Å². The van der Waals surface area contributed by atoms with Gasteiger partial charge >= 0.3 is 23.9 Å². The van der Waals surface area contributed by atoms with Crippen LogP contribution in [0.15, 0.2) is 83.0 Å². The van der Waals surface area contributed by atoms with E-state index in [1.54, 1.807) is 60.7 Å². The Labute approximate surface area is 214 Å². The second-order valence-electron chi connectivity index (χ2n) is 9.98. The first-order chi connectivity index (χ1) is 18.2. The van der Waals surface area contributed by atoms with Gasteiger partial charge in [-0.05, 0) is 44.5 Å². The lowest BCUT2D eigenvalue weighted by atomic mass is 9.56. The van der Waals surface area contributed by atoms with E-state index < -0.39 is 47.5 Å². The van der Waals surface area contributed by atoms with Gasteiger partial charge in [0.25, 0.3) is 0 Å². The van der Waals surface area contributed by atoms with Crippen LogP contribution in [-0.4, -0.2) is 44.3 Å². The molecule has 4 N–H and O–H groups in total. The fourth-order valence-electron chi connectivity index (χ4n) is 7.23. The summed E-state index contributed by atoms with van der Waals surface area (Å²) in [4.78, 5) is 49.8. The first kappa shape index (κ1) is 22.2. The molecule has 0 amide bonds. The van der Waals surface area contributed by atoms with Gasteiger partial charge in [-0.15, -0.1) is 0 Å². The summed E-state index contributed by atoms with van der Waals surface area (Å²) in [5.41, 5.74) is 4.47. The van der Waals surface area contributed by atoms with Crippen LogP contribution in [0.5, 0.6) is 0 Å². The van der Waals surface area contributed by atoms with E-state index >= 15 is 0 Å². The van der Waals surface area contributed by atoms with Gasteiger partial charge in [0.1, 0.15) is 0 Å². The molecule has 0 saturated carbocycles. The largest absolute Gasteiger partial charge is 0.478 e. The van der Waals surface area contributed by atoms with Crippen molar-refractivity contribution in [3.8, 4) is 0 Å². The van der Waals surface area contributed by atoms with Gasteiger partial charge in [-0.1, -0.05) is 60.7 Å². The highest BCUT2D eigenvalue weighted by Crippen LogP contribution is 2.61. The van der Waals surface area contributed by atoms with Crippen molar-refractivity contribution in [2.24, 2.45) is 0 Å². The molecule has 8 heteroatoms. The third-order valence-electron chi connectivity index (χ3n) is 8.43. The van der Waals surface area contributed by atoms with Crippen molar-refractivity contribution in [3.63, 3.8) is 0 Å². The zero-order valence-electron chi connectivity index (χ0n) is 19.5. The minimum atomic E-state index is -1.32. The summed E-state index contributed by atoms with van der Waals surface area (Å²) in [6.45, 7) is 0. The molecule has 4 atom stereocenters. The molecule has 0 unspecified atom stereocenters. The van der Waals surface area contributed by atoms with Crippen molar-refractivity contribution >= 4 is 23.9 Å². The quantitative estimate of drug-likeness (QED) is 0.418. The second-order valence-corrected chi connectivity index (χ2v) is 9.98. The van der Waals surface area contributed by atoms with Crippen molar-refractivity contribution in [1.82, 2.24) is 0 Å². The molecule has 0 aliphatic heterocycles. The Kier molecular flexibility index (Phi) is 4.26. The van der Waals surface area contributed by atoms with E-state index in [0.29, 0.717) is 44.5 Å². The Hall–Kier alpha value is -4.98. The summed E-state index contributed by atoms with van der Waals surface area (Å²) in [6.07, 6.45) is 0. The third-order valence-corrected chi connectivity index (χ3v) is 8.43. The van der Waals surface area contributed by atoms with Crippen LogP contribution >= 0.6 is 0 Å². The molecule has 8 nitrogen and oxygen atoms in total. The monoisotopic (exact) mass is 506 g/mol. The predicted molar refractivity (Wildman–Crippen MR) is 131 cm³/mol. The zero-order valence-corrected chi connectivity index (χ0v) is 19.5. The molecule has 6 aliphatic rings. The van der Waals surface area contributed by atoms with Gasteiger partial charge in [0, 0.05) is 23.7 Å². The van der Waals surface area contributed by atoms with Crippen molar-refractivity contribution in [2.75, 3.05) is 0 Å². The molecule has 38 heavy (non-hydrogen) atoms. The predicted octanol–water partition coefficient (Wildman–Crippen LogP) is 3.80. The Balaban J connectivity index is 1.57.